The van der Waals surface area contributed by atoms with E-state index in [1.165, 1.54) is 24.3 Å². The topological polar surface area (TPSA) is 55.4 Å². The van der Waals surface area contributed by atoms with Crippen molar-refractivity contribution in [3.8, 4) is 0 Å². The molecule has 114 valence electrons. The molecular formula is C13H11Cl3FNO3. The Labute approximate surface area is 135 Å². The summed E-state index contributed by atoms with van der Waals surface area (Å²) in [6, 6.07) is 5.42. The lowest BCUT2D eigenvalue weighted by Crippen LogP contribution is -2.15. The molecule has 0 aromatic heterocycles. The van der Waals surface area contributed by atoms with Gasteiger partial charge in [0, 0.05) is 12.1 Å². The number of hydrogen-bond donors (Lipinski definition) is 1. The van der Waals surface area contributed by atoms with Crippen LogP contribution in [0.1, 0.15) is 12.8 Å². The van der Waals surface area contributed by atoms with E-state index in [2.05, 4.69) is 5.32 Å². The van der Waals surface area contributed by atoms with Crippen molar-refractivity contribution >= 4 is 52.4 Å². The fourth-order valence-electron chi connectivity index (χ4n) is 1.28. The van der Waals surface area contributed by atoms with Crippen molar-refractivity contribution in [1.82, 2.24) is 0 Å². The number of carbonyl (C=O) groups is 2. The van der Waals surface area contributed by atoms with E-state index in [0.29, 0.717) is 5.69 Å². The van der Waals surface area contributed by atoms with Gasteiger partial charge in [-0.05, 0) is 18.2 Å². The molecule has 0 fully saturated rings. The average molecular weight is 355 g/mol. The van der Waals surface area contributed by atoms with Crippen molar-refractivity contribution in [3.63, 3.8) is 0 Å². The van der Waals surface area contributed by atoms with Crippen molar-refractivity contribution in [1.29, 1.82) is 0 Å². The number of rotatable bonds is 6. The van der Waals surface area contributed by atoms with Crippen molar-refractivity contribution in [2.24, 2.45) is 0 Å². The number of esters is 1. The lowest BCUT2D eigenvalue weighted by molar-refractivity contribution is -0.143. The number of carbonyl (C=O) groups excluding carboxylic acids is 2. The summed E-state index contributed by atoms with van der Waals surface area (Å²) in [6.07, 6.45) is -0.253. The van der Waals surface area contributed by atoms with Gasteiger partial charge in [0.15, 0.2) is 0 Å². The maximum Gasteiger partial charge on any atom is 0.306 e. The molecule has 0 saturated carbocycles. The number of benzene rings is 1. The zero-order valence-corrected chi connectivity index (χ0v) is 12.9. The van der Waals surface area contributed by atoms with Crippen LogP contribution in [0.15, 0.2) is 33.8 Å². The summed E-state index contributed by atoms with van der Waals surface area (Å²) >= 11 is 16.3. The third-order valence-corrected chi connectivity index (χ3v) is 3.18. The van der Waals surface area contributed by atoms with E-state index in [4.69, 9.17) is 39.5 Å². The van der Waals surface area contributed by atoms with E-state index in [1.54, 1.807) is 0 Å². The number of halogens is 4. The highest BCUT2D eigenvalue weighted by atomic mass is 35.5. The van der Waals surface area contributed by atoms with E-state index in [0.717, 1.165) is 0 Å². The summed E-state index contributed by atoms with van der Waals surface area (Å²) in [5, 5.41) is 2.45. The number of amides is 1. The third kappa shape index (κ3) is 7.32. The molecule has 0 aliphatic heterocycles. The smallest absolute Gasteiger partial charge is 0.306 e. The first-order valence-corrected chi connectivity index (χ1v) is 6.92. The van der Waals surface area contributed by atoms with Gasteiger partial charge in [-0.2, -0.15) is 0 Å². The number of anilines is 1. The summed E-state index contributed by atoms with van der Waals surface area (Å²) in [7, 11) is 0. The van der Waals surface area contributed by atoms with Crippen LogP contribution in [-0.4, -0.2) is 18.5 Å². The molecule has 1 N–H and O–H groups in total. The lowest BCUT2D eigenvalue weighted by atomic mass is 10.2. The van der Waals surface area contributed by atoms with Crippen LogP contribution in [0.4, 0.5) is 10.1 Å². The van der Waals surface area contributed by atoms with Gasteiger partial charge in [0.05, 0.1) is 11.5 Å². The summed E-state index contributed by atoms with van der Waals surface area (Å²) in [6.45, 7) is -0.256. The van der Waals surface area contributed by atoms with Crippen LogP contribution in [0, 0.1) is 5.82 Å². The second kappa shape index (κ2) is 8.87. The maximum absolute atomic E-state index is 12.9. The molecule has 1 aromatic rings. The van der Waals surface area contributed by atoms with Crippen LogP contribution in [0.2, 0.25) is 0 Å². The number of nitrogens with one attached hydrogen (secondary N) is 1. The quantitative estimate of drug-likeness (QED) is 0.786. The molecule has 4 nitrogen and oxygen atoms in total. The highest BCUT2D eigenvalue weighted by Gasteiger charge is 2.10. The average Bonchev–Trinajstić information content (AvgIpc) is 2.42. The van der Waals surface area contributed by atoms with Crippen molar-refractivity contribution in [2.75, 3.05) is 11.9 Å². The van der Waals surface area contributed by atoms with Crippen molar-refractivity contribution in [3.05, 3.63) is 39.6 Å². The first kappa shape index (κ1) is 17.8. The van der Waals surface area contributed by atoms with Gasteiger partial charge < -0.3 is 10.1 Å². The lowest BCUT2D eigenvalue weighted by Gasteiger charge is -2.06. The summed E-state index contributed by atoms with van der Waals surface area (Å²) < 4.78 is 17.5. The molecule has 0 spiro atoms. The molecule has 0 bridgehead atoms. The van der Waals surface area contributed by atoms with E-state index in [1.807, 2.05) is 0 Å². The van der Waals surface area contributed by atoms with Crippen molar-refractivity contribution in [2.45, 2.75) is 12.8 Å². The normalized spacial score (nSPS) is 9.90. The third-order valence-electron chi connectivity index (χ3n) is 2.23. The molecular weight excluding hydrogens is 344 g/mol. The Morgan fingerprint density at radius 3 is 2.52 bits per heavy atom. The van der Waals surface area contributed by atoms with E-state index in [-0.39, 0.29) is 29.0 Å². The Kier molecular flexibility index (Phi) is 7.50. The van der Waals surface area contributed by atoms with E-state index in [9.17, 15) is 14.0 Å². The van der Waals surface area contributed by atoms with Gasteiger partial charge in [-0.15, -0.1) is 0 Å². The molecule has 1 aromatic carbocycles. The largest absolute Gasteiger partial charge is 0.460 e. The fourth-order valence-corrected chi connectivity index (χ4v) is 1.44. The predicted octanol–water partition coefficient (Wildman–Crippen LogP) is 3.97. The van der Waals surface area contributed by atoms with Crippen LogP contribution in [0.3, 0.4) is 0 Å². The maximum atomic E-state index is 12.9. The van der Waals surface area contributed by atoms with Crippen LogP contribution in [0.25, 0.3) is 0 Å². The standard InChI is InChI=1S/C13H11Cl3FNO3/c14-10(13(15)16)7-21-12(20)5-4-11(19)18-9-3-1-2-8(17)6-9/h1-3,6H,4-5,7H2,(H,18,19). The minimum absolute atomic E-state index is 0.00380. The zero-order chi connectivity index (χ0) is 15.8. The molecule has 0 radical (unpaired) electrons. The summed E-state index contributed by atoms with van der Waals surface area (Å²) in [4.78, 5) is 22.9. The number of hydrogen-bond acceptors (Lipinski definition) is 3. The molecule has 0 unspecified atom stereocenters. The highest BCUT2D eigenvalue weighted by molar-refractivity contribution is 6.59. The van der Waals surface area contributed by atoms with E-state index >= 15 is 0 Å². The molecule has 1 rings (SSSR count). The molecule has 0 saturated heterocycles. The predicted molar refractivity (Wildman–Crippen MR) is 79.8 cm³/mol. The highest BCUT2D eigenvalue weighted by Crippen LogP contribution is 2.18. The van der Waals surface area contributed by atoms with Crippen LogP contribution >= 0.6 is 34.8 Å². The van der Waals surface area contributed by atoms with Gasteiger partial charge >= 0.3 is 5.97 Å². The zero-order valence-electron chi connectivity index (χ0n) is 10.7. The van der Waals surface area contributed by atoms with Gasteiger partial charge in [0.25, 0.3) is 0 Å². The molecule has 0 aliphatic carbocycles. The first-order chi connectivity index (χ1) is 9.88. The van der Waals surface area contributed by atoms with Crippen LogP contribution < -0.4 is 5.32 Å². The molecule has 0 aliphatic rings. The Bertz CT molecular complexity index is 559. The molecule has 21 heavy (non-hydrogen) atoms. The molecule has 0 atom stereocenters. The minimum atomic E-state index is -0.628. The number of ether oxygens (including phenoxy) is 1. The van der Waals surface area contributed by atoms with Gasteiger partial charge in [-0.3, -0.25) is 9.59 Å². The summed E-state index contributed by atoms with van der Waals surface area (Å²) in [5.74, 6) is -1.53. The minimum Gasteiger partial charge on any atom is -0.460 e. The monoisotopic (exact) mass is 353 g/mol. The van der Waals surface area contributed by atoms with Crippen LogP contribution in [0.5, 0.6) is 0 Å². The molecule has 0 heterocycles. The summed E-state index contributed by atoms with van der Waals surface area (Å²) in [5.41, 5.74) is 0.313. The van der Waals surface area contributed by atoms with Crippen molar-refractivity contribution < 1.29 is 18.7 Å². The molecule has 1 amide bonds. The van der Waals surface area contributed by atoms with Gasteiger partial charge in [-0.25, -0.2) is 4.39 Å². The Morgan fingerprint density at radius 2 is 1.90 bits per heavy atom. The van der Waals surface area contributed by atoms with Crippen LogP contribution in [-0.2, 0) is 14.3 Å². The molecule has 8 heteroatoms. The van der Waals surface area contributed by atoms with E-state index < -0.39 is 17.7 Å². The van der Waals surface area contributed by atoms with Gasteiger partial charge in [0.1, 0.15) is 16.9 Å². The Morgan fingerprint density at radius 1 is 1.19 bits per heavy atom. The van der Waals surface area contributed by atoms with Gasteiger partial charge in [0.2, 0.25) is 5.91 Å². The fraction of sp³-hybridized carbons (Fsp3) is 0.231. The van der Waals surface area contributed by atoms with Gasteiger partial charge in [-0.1, -0.05) is 40.9 Å². The first-order valence-electron chi connectivity index (χ1n) is 5.79. The second-order valence-electron chi connectivity index (χ2n) is 3.88. The Hall–Kier alpha value is -1.30. The second-order valence-corrected chi connectivity index (χ2v) is 5.29. The SMILES string of the molecule is O=C(CCC(=O)OCC(Cl)=C(Cl)Cl)Nc1cccc(F)c1. The Balaban J connectivity index is 2.33.